The van der Waals surface area contributed by atoms with Gasteiger partial charge in [-0.3, -0.25) is 4.79 Å². The van der Waals surface area contributed by atoms with Gasteiger partial charge in [0.25, 0.3) is 0 Å². The highest BCUT2D eigenvalue weighted by Gasteiger charge is 2.04. The van der Waals surface area contributed by atoms with Crippen molar-refractivity contribution >= 4 is 17.5 Å². The lowest BCUT2D eigenvalue weighted by Crippen LogP contribution is -2.08. The van der Waals surface area contributed by atoms with Crippen LogP contribution in [0.1, 0.15) is 22.8 Å². The topological polar surface area (TPSA) is 49.8 Å². The molecule has 0 radical (unpaired) electrons. The first-order chi connectivity index (χ1) is 11.0. The first kappa shape index (κ1) is 16.6. The standard InChI is InChI=1S/C19H21NO3/c1-4-23-19-13-14(6-12-18(19)22)5-11-17(21)15-7-9-16(10-8-15)20(2)3/h5-13,22H,4H2,1-3H3/b11-5-. The van der Waals surface area contributed by atoms with Gasteiger partial charge < -0.3 is 14.7 Å². The van der Waals surface area contributed by atoms with Crippen LogP contribution < -0.4 is 9.64 Å². The minimum atomic E-state index is -0.0682. The molecule has 0 aliphatic carbocycles. The Balaban J connectivity index is 2.13. The Morgan fingerprint density at radius 2 is 1.87 bits per heavy atom. The van der Waals surface area contributed by atoms with Gasteiger partial charge in [-0.15, -0.1) is 0 Å². The van der Waals surface area contributed by atoms with Gasteiger partial charge in [0.1, 0.15) is 0 Å². The Bertz CT molecular complexity index is 703. The number of ketones is 1. The second-order valence-corrected chi connectivity index (χ2v) is 5.30. The number of hydrogen-bond acceptors (Lipinski definition) is 4. The first-order valence-electron chi connectivity index (χ1n) is 7.47. The maximum absolute atomic E-state index is 12.2. The Morgan fingerprint density at radius 1 is 1.17 bits per heavy atom. The molecule has 0 fully saturated rings. The smallest absolute Gasteiger partial charge is 0.185 e. The number of carbonyl (C=O) groups excluding carboxylic acids is 1. The first-order valence-corrected chi connectivity index (χ1v) is 7.47. The highest BCUT2D eigenvalue weighted by molar-refractivity contribution is 6.07. The molecule has 0 aliphatic rings. The fourth-order valence-electron chi connectivity index (χ4n) is 2.10. The van der Waals surface area contributed by atoms with E-state index in [4.69, 9.17) is 4.74 Å². The van der Waals surface area contributed by atoms with Crippen molar-refractivity contribution in [1.82, 2.24) is 0 Å². The molecule has 0 amide bonds. The Morgan fingerprint density at radius 3 is 2.48 bits per heavy atom. The third-order valence-electron chi connectivity index (χ3n) is 3.38. The van der Waals surface area contributed by atoms with Crippen molar-refractivity contribution in [2.75, 3.05) is 25.6 Å². The third kappa shape index (κ3) is 4.36. The van der Waals surface area contributed by atoms with Crippen molar-refractivity contribution in [3.05, 3.63) is 59.7 Å². The Kier molecular flexibility index (Phi) is 5.41. The van der Waals surface area contributed by atoms with Crippen LogP contribution in [0.3, 0.4) is 0 Å². The number of nitrogens with zero attached hydrogens (tertiary/aromatic N) is 1. The van der Waals surface area contributed by atoms with E-state index in [2.05, 4.69) is 0 Å². The summed E-state index contributed by atoms with van der Waals surface area (Å²) in [6.07, 6.45) is 3.23. The number of phenolic OH excluding ortho intramolecular Hbond substituents is 1. The summed E-state index contributed by atoms with van der Waals surface area (Å²) < 4.78 is 5.33. The number of phenols is 1. The van der Waals surface area contributed by atoms with Crippen LogP contribution in [0.15, 0.2) is 48.5 Å². The lowest BCUT2D eigenvalue weighted by Gasteiger charge is -2.11. The molecule has 0 atom stereocenters. The van der Waals surface area contributed by atoms with E-state index < -0.39 is 0 Å². The van der Waals surface area contributed by atoms with Crippen molar-refractivity contribution in [3.63, 3.8) is 0 Å². The number of allylic oxidation sites excluding steroid dienone is 1. The molecule has 0 spiro atoms. The number of rotatable bonds is 6. The van der Waals surface area contributed by atoms with Crippen molar-refractivity contribution in [1.29, 1.82) is 0 Å². The number of carbonyl (C=O) groups is 1. The third-order valence-corrected chi connectivity index (χ3v) is 3.38. The molecule has 1 N–H and O–H groups in total. The van der Waals surface area contributed by atoms with Gasteiger partial charge in [0.2, 0.25) is 0 Å². The lowest BCUT2D eigenvalue weighted by atomic mass is 10.1. The maximum atomic E-state index is 12.2. The molecule has 0 bridgehead atoms. The van der Waals surface area contributed by atoms with Crippen LogP contribution in [-0.2, 0) is 0 Å². The van der Waals surface area contributed by atoms with Crippen molar-refractivity contribution in [2.24, 2.45) is 0 Å². The van der Waals surface area contributed by atoms with Crippen LogP contribution in [0.2, 0.25) is 0 Å². The molecule has 23 heavy (non-hydrogen) atoms. The van der Waals surface area contributed by atoms with E-state index in [0.29, 0.717) is 17.9 Å². The number of aromatic hydroxyl groups is 1. The molecule has 120 valence electrons. The molecule has 2 aromatic carbocycles. The zero-order valence-electron chi connectivity index (χ0n) is 13.6. The van der Waals surface area contributed by atoms with Crippen LogP contribution in [0.25, 0.3) is 6.08 Å². The van der Waals surface area contributed by atoms with E-state index in [-0.39, 0.29) is 11.5 Å². The predicted octanol–water partition coefficient (Wildman–Crippen LogP) is 3.75. The summed E-state index contributed by atoms with van der Waals surface area (Å²) in [4.78, 5) is 14.2. The Hall–Kier alpha value is -2.75. The average molecular weight is 311 g/mol. The van der Waals surface area contributed by atoms with E-state index in [1.54, 1.807) is 24.3 Å². The Labute approximate surface area is 136 Å². The van der Waals surface area contributed by atoms with Gasteiger partial charge in [-0.2, -0.15) is 0 Å². The minimum Gasteiger partial charge on any atom is -0.504 e. The van der Waals surface area contributed by atoms with Gasteiger partial charge in [0.15, 0.2) is 17.3 Å². The molecule has 0 unspecified atom stereocenters. The van der Waals surface area contributed by atoms with Crippen LogP contribution in [-0.4, -0.2) is 31.6 Å². The van der Waals surface area contributed by atoms with Gasteiger partial charge in [0.05, 0.1) is 6.61 Å². The second-order valence-electron chi connectivity index (χ2n) is 5.30. The fourth-order valence-corrected chi connectivity index (χ4v) is 2.10. The van der Waals surface area contributed by atoms with E-state index in [1.807, 2.05) is 50.2 Å². The van der Waals surface area contributed by atoms with E-state index in [1.165, 1.54) is 6.08 Å². The zero-order chi connectivity index (χ0) is 16.8. The molecule has 2 aromatic rings. The molecule has 0 saturated heterocycles. The largest absolute Gasteiger partial charge is 0.504 e. The van der Waals surface area contributed by atoms with E-state index in [9.17, 15) is 9.90 Å². The number of hydrogen-bond donors (Lipinski definition) is 1. The normalized spacial score (nSPS) is 10.7. The summed E-state index contributed by atoms with van der Waals surface area (Å²) in [6.45, 7) is 2.32. The van der Waals surface area contributed by atoms with E-state index >= 15 is 0 Å². The maximum Gasteiger partial charge on any atom is 0.185 e. The zero-order valence-corrected chi connectivity index (χ0v) is 13.6. The van der Waals surface area contributed by atoms with Gasteiger partial charge in [-0.1, -0.05) is 12.1 Å². The lowest BCUT2D eigenvalue weighted by molar-refractivity contribution is 0.104. The van der Waals surface area contributed by atoms with E-state index in [0.717, 1.165) is 11.3 Å². The van der Waals surface area contributed by atoms with Gasteiger partial charge in [-0.05, 0) is 55.0 Å². The molecular weight excluding hydrogens is 290 g/mol. The summed E-state index contributed by atoms with van der Waals surface area (Å²) in [5.74, 6) is 0.438. The van der Waals surface area contributed by atoms with Crippen LogP contribution in [0.5, 0.6) is 11.5 Å². The molecule has 2 rings (SSSR count). The highest BCUT2D eigenvalue weighted by atomic mass is 16.5. The number of benzene rings is 2. The van der Waals surface area contributed by atoms with Gasteiger partial charge in [-0.25, -0.2) is 0 Å². The summed E-state index contributed by atoms with van der Waals surface area (Å²) in [5.41, 5.74) is 2.48. The monoisotopic (exact) mass is 311 g/mol. The predicted molar refractivity (Wildman–Crippen MR) is 93.4 cm³/mol. The van der Waals surface area contributed by atoms with Crippen LogP contribution in [0, 0.1) is 0 Å². The summed E-state index contributed by atoms with van der Waals surface area (Å²) >= 11 is 0. The quantitative estimate of drug-likeness (QED) is 0.652. The van der Waals surface area contributed by atoms with Crippen LogP contribution >= 0.6 is 0 Å². The molecule has 4 nitrogen and oxygen atoms in total. The second kappa shape index (κ2) is 7.49. The number of anilines is 1. The summed E-state index contributed by atoms with van der Waals surface area (Å²) in [6, 6.07) is 12.4. The van der Waals surface area contributed by atoms with Crippen molar-refractivity contribution < 1.29 is 14.6 Å². The molecule has 0 aromatic heterocycles. The summed E-state index contributed by atoms with van der Waals surface area (Å²) in [7, 11) is 3.91. The fraction of sp³-hybridized carbons (Fsp3) is 0.211. The van der Waals surface area contributed by atoms with Crippen molar-refractivity contribution in [2.45, 2.75) is 6.92 Å². The SMILES string of the molecule is CCOc1cc(/C=C\C(=O)c2ccc(N(C)C)cc2)ccc1O. The van der Waals surface area contributed by atoms with Gasteiger partial charge >= 0.3 is 0 Å². The molecule has 4 heteroatoms. The highest BCUT2D eigenvalue weighted by Crippen LogP contribution is 2.27. The van der Waals surface area contributed by atoms with Gasteiger partial charge in [0, 0.05) is 25.3 Å². The molecule has 0 heterocycles. The molecule has 0 saturated carbocycles. The average Bonchev–Trinajstić information content (AvgIpc) is 2.55. The van der Waals surface area contributed by atoms with Crippen molar-refractivity contribution in [3.8, 4) is 11.5 Å². The molecular formula is C19H21NO3. The summed E-state index contributed by atoms with van der Waals surface area (Å²) in [5, 5.41) is 9.67. The van der Waals surface area contributed by atoms with Crippen LogP contribution in [0.4, 0.5) is 5.69 Å². The molecule has 0 aliphatic heterocycles. The minimum absolute atomic E-state index is 0.0682. The number of ether oxygens (including phenoxy) is 1.